The number of nitrogens with one attached hydrogen (secondary N) is 1. The van der Waals surface area contributed by atoms with E-state index in [9.17, 15) is 14.4 Å². The maximum Gasteiger partial charge on any atom is 0.303 e. The summed E-state index contributed by atoms with van der Waals surface area (Å²) in [5, 5.41) is 3.02. The lowest BCUT2D eigenvalue weighted by molar-refractivity contribution is -0.144. The zero-order valence-corrected chi connectivity index (χ0v) is 18.5. The van der Waals surface area contributed by atoms with E-state index in [0.717, 1.165) is 25.9 Å². The van der Waals surface area contributed by atoms with Crippen LogP contribution in [0.5, 0.6) is 0 Å². The van der Waals surface area contributed by atoms with E-state index in [4.69, 9.17) is 4.74 Å². The normalized spacial score (nSPS) is 20.3. The highest BCUT2D eigenvalue weighted by molar-refractivity contribution is 6.11. The molecule has 0 spiro atoms. The fraction of sp³-hybridized carbons (Fsp3) is 0.400. The first-order valence-electron chi connectivity index (χ1n) is 11.2. The second kappa shape index (κ2) is 9.53. The number of esters is 1. The van der Waals surface area contributed by atoms with Crippen molar-refractivity contribution in [2.45, 2.75) is 38.8 Å². The summed E-state index contributed by atoms with van der Waals surface area (Å²) in [6.07, 6.45) is 1.49. The molecule has 0 aliphatic carbocycles. The lowest BCUT2D eigenvalue weighted by Gasteiger charge is -2.25. The van der Waals surface area contributed by atoms with Crippen LogP contribution in [0.1, 0.15) is 54.3 Å². The van der Waals surface area contributed by atoms with Crippen LogP contribution in [0, 0.1) is 0 Å². The maximum atomic E-state index is 13.5. The molecule has 2 amide bonds. The highest BCUT2D eigenvalue weighted by Crippen LogP contribution is 2.39. The van der Waals surface area contributed by atoms with Gasteiger partial charge in [-0.15, -0.1) is 0 Å². The van der Waals surface area contributed by atoms with E-state index < -0.39 is 12.1 Å². The molecule has 1 fully saturated rings. The average Bonchev–Trinajstić information content (AvgIpc) is 3.24. The lowest BCUT2D eigenvalue weighted by Crippen LogP contribution is -2.45. The summed E-state index contributed by atoms with van der Waals surface area (Å²) < 4.78 is 5.64. The van der Waals surface area contributed by atoms with Gasteiger partial charge in [0.2, 0.25) is 5.91 Å². The number of nitrogens with zero attached hydrogens (tertiary/aromatic N) is 2. The molecule has 2 atom stereocenters. The molecule has 2 heterocycles. The van der Waals surface area contributed by atoms with Gasteiger partial charge >= 0.3 is 5.97 Å². The standard InChI is InChI=1S/C25H29N3O4/c1-3-27-14-8-9-18(27)15-26-23(30)16-28-22-13-7-6-12-21(22)24(32-17(2)29)19-10-4-5-11-20(19)25(28)31/h4-7,10-13,18,24H,3,8-9,14-16H2,1-2H3,(H,26,30). The van der Waals surface area contributed by atoms with Crippen molar-refractivity contribution in [3.63, 3.8) is 0 Å². The van der Waals surface area contributed by atoms with E-state index >= 15 is 0 Å². The summed E-state index contributed by atoms with van der Waals surface area (Å²) >= 11 is 0. The minimum Gasteiger partial charge on any atom is -0.453 e. The zero-order valence-electron chi connectivity index (χ0n) is 18.5. The third-order valence-corrected chi connectivity index (χ3v) is 6.25. The van der Waals surface area contributed by atoms with Crippen LogP contribution in [-0.2, 0) is 14.3 Å². The molecular weight excluding hydrogens is 406 g/mol. The molecule has 2 unspecified atom stereocenters. The van der Waals surface area contributed by atoms with Crippen molar-refractivity contribution in [1.82, 2.24) is 10.2 Å². The van der Waals surface area contributed by atoms with Crippen LogP contribution >= 0.6 is 0 Å². The summed E-state index contributed by atoms with van der Waals surface area (Å²) in [5.41, 5.74) is 2.30. The minimum absolute atomic E-state index is 0.101. The summed E-state index contributed by atoms with van der Waals surface area (Å²) in [4.78, 5) is 42.1. The average molecular weight is 436 g/mol. The van der Waals surface area contributed by atoms with Gasteiger partial charge in [0.15, 0.2) is 6.10 Å². The van der Waals surface area contributed by atoms with E-state index in [1.165, 1.54) is 11.8 Å². The second-order valence-corrected chi connectivity index (χ2v) is 8.26. The van der Waals surface area contributed by atoms with E-state index in [-0.39, 0.29) is 18.4 Å². The van der Waals surface area contributed by atoms with Crippen LogP contribution in [0.3, 0.4) is 0 Å². The largest absolute Gasteiger partial charge is 0.453 e. The second-order valence-electron chi connectivity index (χ2n) is 8.26. The SMILES string of the molecule is CCN1CCCC1CNC(=O)CN1C(=O)c2ccccc2C(OC(C)=O)c2ccccc21. The number of fused-ring (bicyclic) bond motifs is 2. The number of likely N-dealkylation sites (tertiary alicyclic amines) is 1. The van der Waals surface area contributed by atoms with Crippen LogP contribution < -0.4 is 10.2 Å². The Kier molecular flexibility index (Phi) is 6.55. The Morgan fingerprint density at radius 3 is 2.56 bits per heavy atom. The van der Waals surface area contributed by atoms with E-state index in [2.05, 4.69) is 17.1 Å². The van der Waals surface area contributed by atoms with Crippen molar-refractivity contribution in [3.8, 4) is 0 Å². The Balaban J connectivity index is 1.62. The molecule has 0 bridgehead atoms. The lowest BCUT2D eigenvalue weighted by atomic mass is 9.97. The first-order valence-corrected chi connectivity index (χ1v) is 11.2. The van der Waals surface area contributed by atoms with Gasteiger partial charge in [0, 0.05) is 36.2 Å². The number of hydrogen-bond donors (Lipinski definition) is 1. The van der Waals surface area contributed by atoms with Gasteiger partial charge in [0.1, 0.15) is 6.54 Å². The van der Waals surface area contributed by atoms with Gasteiger partial charge in [0.25, 0.3) is 5.91 Å². The number of para-hydroxylation sites is 1. The molecule has 32 heavy (non-hydrogen) atoms. The molecule has 1 saturated heterocycles. The molecule has 0 radical (unpaired) electrons. The number of ether oxygens (including phenoxy) is 1. The smallest absolute Gasteiger partial charge is 0.303 e. The van der Waals surface area contributed by atoms with Crippen LogP contribution in [0.25, 0.3) is 0 Å². The Labute approximate surface area is 188 Å². The minimum atomic E-state index is -0.714. The fourth-order valence-corrected chi connectivity index (χ4v) is 4.72. The van der Waals surface area contributed by atoms with Crippen LogP contribution in [0.15, 0.2) is 48.5 Å². The highest BCUT2D eigenvalue weighted by atomic mass is 16.5. The highest BCUT2D eigenvalue weighted by Gasteiger charge is 2.35. The number of carbonyl (C=O) groups is 3. The summed E-state index contributed by atoms with van der Waals surface area (Å²) in [5.74, 6) is -0.927. The third-order valence-electron chi connectivity index (χ3n) is 6.25. The number of benzene rings is 2. The molecule has 1 N–H and O–H groups in total. The van der Waals surface area contributed by atoms with E-state index in [1.807, 2.05) is 24.3 Å². The van der Waals surface area contributed by atoms with Crippen molar-refractivity contribution < 1.29 is 19.1 Å². The molecule has 2 aliphatic rings. The molecule has 0 aromatic heterocycles. The first kappa shape index (κ1) is 22.0. The monoisotopic (exact) mass is 435 g/mol. The van der Waals surface area contributed by atoms with Crippen LogP contribution in [0.2, 0.25) is 0 Å². The topological polar surface area (TPSA) is 79.0 Å². The van der Waals surface area contributed by atoms with Crippen molar-refractivity contribution in [3.05, 3.63) is 65.2 Å². The number of rotatable bonds is 6. The molecule has 2 aromatic rings. The Hall–Kier alpha value is -3.19. The molecule has 7 nitrogen and oxygen atoms in total. The molecule has 0 saturated carbocycles. The first-order chi connectivity index (χ1) is 15.5. The number of likely N-dealkylation sites (N-methyl/N-ethyl adjacent to an activating group) is 1. The quantitative estimate of drug-likeness (QED) is 0.706. The molecule has 4 rings (SSSR count). The van der Waals surface area contributed by atoms with Gasteiger partial charge in [-0.1, -0.05) is 43.3 Å². The Morgan fingerprint density at radius 1 is 1.09 bits per heavy atom. The van der Waals surface area contributed by atoms with Gasteiger partial charge < -0.3 is 10.1 Å². The van der Waals surface area contributed by atoms with Crippen molar-refractivity contribution in [2.75, 3.05) is 31.1 Å². The predicted molar refractivity (Wildman–Crippen MR) is 121 cm³/mol. The number of carbonyl (C=O) groups excluding carboxylic acids is 3. The molecular formula is C25H29N3O4. The Bertz CT molecular complexity index is 1020. The molecule has 2 aromatic carbocycles. The Morgan fingerprint density at radius 2 is 1.81 bits per heavy atom. The fourth-order valence-electron chi connectivity index (χ4n) is 4.72. The van der Waals surface area contributed by atoms with Gasteiger partial charge in [-0.25, -0.2) is 0 Å². The molecule has 7 heteroatoms. The van der Waals surface area contributed by atoms with E-state index in [1.54, 1.807) is 24.3 Å². The molecule has 168 valence electrons. The van der Waals surface area contributed by atoms with Crippen molar-refractivity contribution in [1.29, 1.82) is 0 Å². The number of hydrogen-bond acceptors (Lipinski definition) is 5. The van der Waals surface area contributed by atoms with Gasteiger partial charge in [-0.2, -0.15) is 0 Å². The van der Waals surface area contributed by atoms with Crippen LogP contribution in [-0.4, -0.2) is 54.9 Å². The summed E-state index contributed by atoms with van der Waals surface area (Å²) in [7, 11) is 0. The molecule has 2 aliphatic heterocycles. The number of amides is 2. The summed E-state index contributed by atoms with van der Waals surface area (Å²) in [6, 6.07) is 14.7. The van der Waals surface area contributed by atoms with Crippen molar-refractivity contribution in [2.24, 2.45) is 0 Å². The third kappa shape index (κ3) is 4.39. The van der Waals surface area contributed by atoms with Gasteiger partial charge in [0.05, 0.1) is 5.69 Å². The van der Waals surface area contributed by atoms with Crippen LogP contribution in [0.4, 0.5) is 5.69 Å². The van der Waals surface area contributed by atoms with Crippen molar-refractivity contribution >= 4 is 23.5 Å². The zero-order chi connectivity index (χ0) is 22.7. The van der Waals surface area contributed by atoms with Gasteiger partial charge in [-0.05, 0) is 38.1 Å². The number of anilines is 1. The maximum absolute atomic E-state index is 13.5. The van der Waals surface area contributed by atoms with Gasteiger partial charge in [-0.3, -0.25) is 24.2 Å². The summed E-state index contributed by atoms with van der Waals surface area (Å²) in [6.45, 7) is 5.98. The predicted octanol–water partition coefficient (Wildman–Crippen LogP) is 2.90. The van der Waals surface area contributed by atoms with E-state index in [0.29, 0.717) is 35.0 Å².